The smallest absolute Gasteiger partial charge is 0.139 e. The summed E-state index contributed by atoms with van der Waals surface area (Å²) < 4.78 is 0. The number of carbonyl (C=O) groups is 1. The molecule has 0 unspecified atom stereocenters. The molecule has 4 saturated carbocycles. The summed E-state index contributed by atoms with van der Waals surface area (Å²) in [6.07, 6.45) is 10.1. The molecular formula is C19H30O2. The second kappa shape index (κ2) is 4.57. The summed E-state index contributed by atoms with van der Waals surface area (Å²) in [7, 11) is 0. The summed E-state index contributed by atoms with van der Waals surface area (Å²) in [4.78, 5) is 12.4. The first-order valence-electron chi connectivity index (χ1n) is 9.16. The molecule has 0 aromatic carbocycles. The van der Waals surface area contributed by atoms with Gasteiger partial charge in [-0.2, -0.15) is 0 Å². The molecule has 0 aliphatic heterocycles. The lowest BCUT2D eigenvalue weighted by Gasteiger charge is -2.60. The van der Waals surface area contributed by atoms with E-state index in [2.05, 4.69) is 13.8 Å². The van der Waals surface area contributed by atoms with Crippen molar-refractivity contribution in [3.63, 3.8) is 0 Å². The SMILES string of the molecule is C[C@@]12CC[C@H](O)C[C@@H]1CC[C@@H]1[C@H]2CC[C@@]2(C)C(=O)CC[C@@H]12. The van der Waals surface area contributed by atoms with Gasteiger partial charge in [-0.25, -0.2) is 0 Å². The normalized spacial score (nSPS) is 56.5. The van der Waals surface area contributed by atoms with E-state index in [0.717, 1.165) is 49.9 Å². The van der Waals surface area contributed by atoms with Crippen LogP contribution < -0.4 is 0 Å². The number of fused-ring (bicyclic) bond motifs is 5. The monoisotopic (exact) mass is 290 g/mol. The number of carbonyl (C=O) groups excluding carboxylic acids is 1. The molecule has 0 aromatic heterocycles. The maximum atomic E-state index is 12.4. The Balaban J connectivity index is 1.64. The van der Waals surface area contributed by atoms with E-state index in [0.29, 0.717) is 17.1 Å². The minimum Gasteiger partial charge on any atom is -0.393 e. The Hall–Kier alpha value is -0.370. The standard InChI is InChI=1S/C19H30O2/c1-18-9-7-13(20)11-12(18)3-4-14-15-5-6-17(21)19(15,2)10-8-16(14)18/h12-16,20H,3-11H2,1-2H3/t12-,13-,14-,15-,16+,18+,19+/m0/s1. The molecule has 4 fully saturated rings. The predicted molar refractivity (Wildman–Crippen MR) is 82.7 cm³/mol. The van der Waals surface area contributed by atoms with Crippen molar-refractivity contribution in [3.05, 3.63) is 0 Å². The fourth-order valence-corrected chi connectivity index (χ4v) is 7.01. The van der Waals surface area contributed by atoms with Crippen molar-refractivity contribution in [1.82, 2.24) is 0 Å². The molecule has 0 heterocycles. The van der Waals surface area contributed by atoms with Gasteiger partial charge in [-0.15, -0.1) is 0 Å². The number of rotatable bonds is 0. The lowest BCUT2D eigenvalue weighted by molar-refractivity contribution is -0.142. The molecule has 4 aliphatic carbocycles. The van der Waals surface area contributed by atoms with E-state index in [1.807, 2.05) is 0 Å². The summed E-state index contributed by atoms with van der Waals surface area (Å²) in [6.45, 7) is 4.78. The zero-order valence-electron chi connectivity index (χ0n) is 13.6. The predicted octanol–water partition coefficient (Wildman–Crippen LogP) is 3.96. The zero-order valence-corrected chi connectivity index (χ0v) is 13.6. The first-order chi connectivity index (χ1) is 9.95. The molecular weight excluding hydrogens is 260 g/mol. The highest BCUT2D eigenvalue weighted by Gasteiger charge is 2.60. The molecule has 0 saturated heterocycles. The number of hydrogen-bond donors (Lipinski definition) is 1. The quantitative estimate of drug-likeness (QED) is 0.733. The number of aliphatic hydroxyl groups is 1. The summed E-state index contributed by atoms with van der Waals surface area (Å²) >= 11 is 0. The lowest BCUT2D eigenvalue weighted by atomic mass is 9.45. The number of aliphatic hydroxyl groups excluding tert-OH is 1. The second-order valence-corrected chi connectivity index (χ2v) is 9.00. The molecule has 0 amide bonds. The number of hydrogen-bond acceptors (Lipinski definition) is 2. The van der Waals surface area contributed by atoms with Gasteiger partial charge in [0, 0.05) is 11.8 Å². The Bertz CT molecular complexity index is 458. The van der Waals surface area contributed by atoms with Gasteiger partial charge in [-0.1, -0.05) is 13.8 Å². The van der Waals surface area contributed by atoms with E-state index in [9.17, 15) is 9.90 Å². The molecule has 21 heavy (non-hydrogen) atoms. The third-order valence-corrected chi connectivity index (χ3v) is 8.35. The van der Waals surface area contributed by atoms with E-state index in [1.54, 1.807) is 0 Å². The Kier molecular flexibility index (Phi) is 3.10. The van der Waals surface area contributed by atoms with Gasteiger partial charge in [0.25, 0.3) is 0 Å². The van der Waals surface area contributed by atoms with Crippen LogP contribution in [0.5, 0.6) is 0 Å². The van der Waals surface area contributed by atoms with Gasteiger partial charge in [-0.3, -0.25) is 4.79 Å². The molecule has 0 radical (unpaired) electrons. The van der Waals surface area contributed by atoms with Crippen LogP contribution in [0, 0.1) is 34.5 Å². The van der Waals surface area contributed by atoms with E-state index in [-0.39, 0.29) is 11.5 Å². The minimum absolute atomic E-state index is 0.0124. The van der Waals surface area contributed by atoms with Crippen LogP contribution in [-0.4, -0.2) is 17.0 Å². The maximum absolute atomic E-state index is 12.4. The van der Waals surface area contributed by atoms with Crippen molar-refractivity contribution >= 4 is 5.78 Å². The summed E-state index contributed by atoms with van der Waals surface area (Å²) in [5, 5.41) is 10.0. The molecule has 0 spiro atoms. The highest BCUT2D eigenvalue weighted by molar-refractivity contribution is 5.87. The van der Waals surface area contributed by atoms with E-state index >= 15 is 0 Å². The Morgan fingerprint density at radius 1 is 1.00 bits per heavy atom. The van der Waals surface area contributed by atoms with Gasteiger partial charge >= 0.3 is 0 Å². The fraction of sp³-hybridized carbons (Fsp3) is 0.947. The molecule has 1 N–H and O–H groups in total. The third kappa shape index (κ3) is 1.84. The van der Waals surface area contributed by atoms with Gasteiger partial charge in [0.2, 0.25) is 0 Å². The van der Waals surface area contributed by atoms with E-state index in [1.165, 1.54) is 25.7 Å². The average Bonchev–Trinajstić information content (AvgIpc) is 2.76. The van der Waals surface area contributed by atoms with Crippen LogP contribution >= 0.6 is 0 Å². The largest absolute Gasteiger partial charge is 0.393 e. The Labute approximate surface area is 128 Å². The molecule has 4 rings (SSSR count). The summed E-state index contributed by atoms with van der Waals surface area (Å²) in [6, 6.07) is 0. The van der Waals surface area contributed by atoms with Crippen LogP contribution in [0.25, 0.3) is 0 Å². The maximum Gasteiger partial charge on any atom is 0.139 e. The first kappa shape index (κ1) is 14.2. The fourth-order valence-electron chi connectivity index (χ4n) is 7.01. The molecule has 118 valence electrons. The number of Topliss-reactive ketones (excluding diaryl/α,β-unsaturated/α-hetero) is 1. The van der Waals surface area contributed by atoms with Crippen LogP contribution in [0.2, 0.25) is 0 Å². The van der Waals surface area contributed by atoms with Gasteiger partial charge in [-0.05, 0) is 80.5 Å². The van der Waals surface area contributed by atoms with Gasteiger partial charge in [0.15, 0.2) is 0 Å². The van der Waals surface area contributed by atoms with Crippen LogP contribution in [0.3, 0.4) is 0 Å². The van der Waals surface area contributed by atoms with Crippen LogP contribution in [0.1, 0.15) is 71.6 Å². The molecule has 0 aromatic rings. The molecule has 0 bridgehead atoms. The number of ketones is 1. The summed E-state index contributed by atoms with van der Waals surface area (Å²) in [5.41, 5.74) is 0.452. The molecule has 2 nitrogen and oxygen atoms in total. The summed E-state index contributed by atoms with van der Waals surface area (Å²) in [5.74, 6) is 3.54. The van der Waals surface area contributed by atoms with Gasteiger partial charge in [0.05, 0.1) is 6.10 Å². The second-order valence-electron chi connectivity index (χ2n) is 9.00. The van der Waals surface area contributed by atoms with Crippen LogP contribution in [0.15, 0.2) is 0 Å². The zero-order chi connectivity index (χ0) is 14.8. The minimum atomic E-state index is -0.0541. The van der Waals surface area contributed by atoms with Crippen molar-refractivity contribution in [1.29, 1.82) is 0 Å². The molecule has 2 heteroatoms. The van der Waals surface area contributed by atoms with E-state index < -0.39 is 0 Å². The average molecular weight is 290 g/mol. The first-order valence-corrected chi connectivity index (χ1v) is 9.16. The van der Waals surface area contributed by atoms with E-state index in [4.69, 9.17) is 0 Å². The van der Waals surface area contributed by atoms with Crippen molar-refractivity contribution in [3.8, 4) is 0 Å². The molecule has 4 aliphatic rings. The van der Waals surface area contributed by atoms with Crippen LogP contribution in [-0.2, 0) is 4.79 Å². The lowest BCUT2D eigenvalue weighted by Crippen LogP contribution is -2.54. The van der Waals surface area contributed by atoms with Gasteiger partial charge < -0.3 is 5.11 Å². The highest BCUT2D eigenvalue weighted by atomic mass is 16.3. The highest BCUT2D eigenvalue weighted by Crippen LogP contribution is 2.65. The van der Waals surface area contributed by atoms with Crippen molar-refractivity contribution in [2.24, 2.45) is 34.5 Å². The molecule has 7 atom stereocenters. The third-order valence-electron chi connectivity index (χ3n) is 8.35. The van der Waals surface area contributed by atoms with Crippen LogP contribution in [0.4, 0.5) is 0 Å². The van der Waals surface area contributed by atoms with Crippen molar-refractivity contribution in [2.45, 2.75) is 77.7 Å². The van der Waals surface area contributed by atoms with Gasteiger partial charge in [0.1, 0.15) is 5.78 Å². The topological polar surface area (TPSA) is 37.3 Å². The Morgan fingerprint density at radius 2 is 1.81 bits per heavy atom. The Morgan fingerprint density at radius 3 is 2.62 bits per heavy atom. The van der Waals surface area contributed by atoms with Crippen molar-refractivity contribution in [2.75, 3.05) is 0 Å². The van der Waals surface area contributed by atoms with Crippen molar-refractivity contribution < 1.29 is 9.90 Å².